The number of phenols is 1. The molecule has 25 heavy (non-hydrogen) atoms. The lowest BCUT2D eigenvalue weighted by Crippen LogP contribution is -2.14. The molecule has 0 saturated heterocycles. The average Bonchev–Trinajstić information content (AvgIpc) is 2.97. The molecule has 0 aliphatic rings. The van der Waals surface area contributed by atoms with Crippen molar-refractivity contribution in [2.24, 2.45) is 0 Å². The van der Waals surface area contributed by atoms with Crippen LogP contribution in [0.2, 0.25) is 0 Å². The number of carbonyl (C=O) groups excluding carboxylic acids is 1. The number of aromatic nitrogens is 3. The number of amides is 1. The minimum absolute atomic E-state index is 0.105. The fourth-order valence-electron chi connectivity index (χ4n) is 2.68. The number of nitrogens with one attached hydrogen (secondary N) is 1. The molecule has 6 nitrogen and oxygen atoms in total. The fraction of sp³-hybridized carbons (Fsp3) is 0.316. The summed E-state index contributed by atoms with van der Waals surface area (Å²) in [7, 11) is 0. The molecule has 2 N–H and O–H groups in total. The predicted molar refractivity (Wildman–Crippen MR) is 98.1 cm³/mol. The van der Waals surface area contributed by atoms with E-state index in [0.717, 1.165) is 11.1 Å². The molecule has 0 radical (unpaired) electrons. The molecule has 2 heterocycles. The van der Waals surface area contributed by atoms with Crippen LogP contribution in [0.3, 0.4) is 0 Å². The van der Waals surface area contributed by atoms with Gasteiger partial charge in [-0.15, -0.1) is 0 Å². The van der Waals surface area contributed by atoms with E-state index in [9.17, 15) is 9.90 Å². The van der Waals surface area contributed by atoms with Crippen LogP contribution in [0.25, 0.3) is 11.0 Å². The van der Waals surface area contributed by atoms with E-state index in [1.165, 1.54) is 6.07 Å². The lowest BCUT2D eigenvalue weighted by Gasteiger charge is -2.12. The maximum atomic E-state index is 12.8. The van der Waals surface area contributed by atoms with Crippen LogP contribution >= 0.6 is 0 Å². The van der Waals surface area contributed by atoms with E-state index in [0.29, 0.717) is 16.9 Å². The Morgan fingerprint density at radius 1 is 1.20 bits per heavy atom. The number of aromatic hydroxyl groups is 1. The summed E-state index contributed by atoms with van der Waals surface area (Å²) in [5.41, 5.74) is 2.62. The van der Waals surface area contributed by atoms with Crippen LogP contribution in [-0.2, 0) is 0 Å². The summed E-state index contributed by atoms with van der Waals surface area (Å²) in [6.45, 7) is 8.15. The molecule has 0 unspecified atom stereocenters. The Bertz CT molecular complexity index is 928. The van der Waals surface area contributed by atoms with E-state index in [1.807, 2.05) is 38.4 Å². The number of pyridine rings is 1. The number of benzene rings is 1. The molecule has 0 saturated carbocycles. The predicted octanol–water partition coefficient (Wildman–Crippen LogP) is 4.09. The Morgan fingerprint density at radius 3 is 2.60 bits per heavy atom. The molecule has 0 atom stereocenters. The zero-order valence-electron chi connectivity index (χ0n) is 14.8. The van der Waals surface area contributed by atoms with E-state index < -0.39 is 0 Å². The smallest absolute Gasteiger partial charge is 0.256 e. The summed E-state index contributed by atoms with van der Waals surface area (Å²) < 4.78 is 1.83. The van der Waals surface area contributed by atoms with Gasteiger partial charge in [0, 0.05) is 23.5 Å². The molecule has 0 aliphatic heterocycles. The quantitative estimate of drug-likeness (QED) is 0.751. The van der Waals surface area contributed by atoms with Crippen LogP contribution in [0.1, 0.15) is 55.7 Å². The van der Waals surface area contributed by atoms with Gasteiger partial charge in [0.15, 0.2) is 5.65 Å². The highest BCUT2D eigenvalue weighted by molar-refractivity contribution is 6.12. The highest BCUT2D eigenvalue weighted by Crippen LogP contribution is 2.25. The summed E-state index contributed by atoms with van der Waals surface area (Å²) in [4.78, 5) is 17.5. The van der Waals surface area contributed by atoms with Crippen molar-refractivity contribution in [1.29, 1.82) is 0 Å². The first-order valence-corrected chi connectivity index (χ1v) is 8.35. The molecule has 0 bridgehead atoms. The van der Waals surface area contributed by atoms with Crippen LogP contribution in [0, 0.1) is 0 Å². The number of fused-ring (bicyclic) bond motifs is 1. The molecule has 130 valence electrons. The van der Waals surface area contributed by atoms with Crippen molar-refractivity contribution in [2.45, 2.75) is 39.7 Å². The Morgan fingerprint density at radius 2 is 1.96 bits per heavy atom. The van der Waals surface area contributed by atoms with Crippen LogP contribution in [-0.4, -0.2) is 25.8 Å². The van der Waals surface area contributed by atoms with Crippen molar-refractivity contribution in [3.8, 4) is 5.75 Å². The molecular formula is C19H22N4O2. The topological polar surface area (TPSA) is 80.0 Å². The summed E-state index contributed by atoms with van der Waals surface area (Å²) in [6.07, 6.45) is 1.68. The number of hydrogen-bond acceptors (Lipinski definition) is 4. The van der Waals surface area contributed by atoms with Gasteiger partial charge in [-0.25, -0.2) is 9.67 Å². The lowest BCUT2D eigenvalue weighted by molar-refractivity contribution is 0.102. The third-order valence-electron chi connectivity index (χ3n) is 4.02. The molecule has 0 spiro atoms. The van der Waals surface area contributed by atoms with Crippen molar-refractivity contribution < 1.29 is 9.90 Å². The summed E-state index contributed by atoms with van der Waals surface area (Å²) in [5, 5.41) is 17.5. The van der Waals surface area contributed by atoms with Gasteiger partial charge in [-0.2, -0.15) is 5.10 Å². The maximum Gasteiger partial charge on any atom is 0.256 e. The molecule has 3 rings (SSSR count). The normalized spacial score (nSPS) is 11.4. The largest absolute Gasteiger partial charge is 0.508 e. The second-order valence-corrected chi connectivity index (χ2v) is 6.67. The Kier molecular flexibility index (Phi) is 4.44. The Balaban J connectivity index is 2.09. The molecule has 3 aromatic rings. The van der Waals surface area contributed by atoms with Gasteiger partial charge in [0.2, 0.25) is 0 Å². The SMILES string of the molecule is CC(C)c1cc(C(=O)Nc2cccc(O)c2)c2cnn(C(C)C)c2n1. The van der Waals surface area contributed by atoms with Gasteiger partial charge in [0.05, 0.1) is 17.1 Å². The van der Waals surface area contributed by atoms with E-state index in [1.54, 1.807) is 24.4 Å². The molecule has 0 aliphatic carbocycles. The van der Waals surface area contributed by atoms with Gasteiger partial charge >= 0.3 is 0 Å². The van der Waals surface area contributed by atoms with E-state index in [2.05, 4.69) is 10.4 Å². The van der Waals surface area contributed by atoms with E-state index >= 15 is 0 Å². The van der Waals surface area contributed by atoms with Crippen molar-refractivity contribution in [2.75, 3.05) is 5.32 Å². The number of nitrogens with zero attached hydrogens (tertiary/aromatic N) is 3. The third kappa shape index (κ3) is 3.33. The zero-order chi connectivity index (χ0) is 18.1. The minimum atomic E-state index is -0.247. The summed E-state index contributed by atoms with van der Waals surface area (Å²) in [5.74, 6) is 0.0450. The zero-order valence-corrected chi connectivity index (χ0v) is 14.8. The van der Waals surface area contributed by atoms with E-state index in [4.69, 9.17) is 4.98 Å². The Labute approximate surface area is 146 Å². The number of hydrogen-bond donors (Lipinski definition) is 2. The van der Waals surface area contributed by atoms with Crippen LogP contribution in [0.4, 0.5) is 5.69 Å². The van der Waals surface area contributed by atoms with Gasteiger partial charge in [0.1, 0.15) is 5.75 Å². The van der Waals surface area contributed by atoms with Gasteiger partial charge in [-0.05, 0) is 38.0 Å². The van der Waals surface area contributed by atoms with Crippen molar-refractivity contribution >= 4 is 22.6 Å². The highest BCUT2D eigenvalue weighted by Gasteiger charge is 2.19. The van der Waals surface area contributed by atoms with Crippen LogP contribution in [0.5, 0.6) is 5.75 Å². The first kappa shape index (κ1) is 17.0. The fourth-order valence-corrected chi connectivity index (χ4v) is 2.68. The van der Waals surface area contributed by atoms with Gasteiger partial charge in [-0.3, -0.25) is 4.79 Å². The third-order valence-corrected chi connectivity index (χ3v) is 4.02. The molecule has 1 amide bonds. The van der Waals surface area contributed by atoms with Crippen molar-refractivity contribution in [1.82, 2.24) is 14.8 Å². The molecular weight excluding hydrogens is 316 g/mol. The highest BCUT2D eigenvalue weighted by atomic mass is 16.3. The standard InChI is InChI=1S/C19H22N4O2/c1-11(2)17-9-15(16-10-20-23(12(3)4)18(16)22-17)19(25)21-13-6-5-7-14(24)8-13/h5-12,24H,1-4H3,(H,21,25). The van der Waals surface area contributed by atoms with Gasteiger partial charge in [0.25, 0.3) is 5.91 Å². The van der Waals surface area contributed by atoms with Crippen LogP contribution < -0.4 is 5.32 Å². The van der Waals surface area contributed by atoms with E-state index in [-0.39, 0.29) is 23.6 Å². The first-order valence-electron chi connectivity index (χ1n) is 8.35. The van der Waals surface area contributed by atoms with Gasteiger partial charge < -0.3 is 10.4 Å². The molecule has 0 fully saturated rings. The number of carbonyl (C=O) groups is 1. The van der Waals surface area contributed by atoms with Gasteiger partial charge in [-0.1, -0.05) is 19.9 Å². The number of anilines is 1. The average molecular weight is 338 g/mol. The van der Waals surface area contributed by atoms with Crippen molar-refractivity contribution in [3.63, 3.8) is 0 Å². The first-order chi connectivity index (χ1) is 11.9. The second kappa shape index (κ2) is 6.55. The monoisotopic (exact) mass is 338 g/mol. The maximum absolute atomic E-state index is 12.8. The molecule has 2 aromatic heterocycles. The lowest BCUT2D eigenvalue weighted by atomic mass is 10.0. The van der Waals surface area contributed by atoms with Crippen molar-refractivity contribution in [3.05, 3.63) is 47.8 Å². The Hall–Kier alpha value is -2.89. The number of phenolic OH excluding ortho intramolecular Hbond substituents is 1. The van der Waals surface area contributed by atoms with Crippen LogP contribution in [0.15, 0.2) is 36.5 Å². The number of rotatable bonds is 4. The summed E-state index contributed by atoms with van der Waals surface area (Å²) >= 11 is 0. The second-order valence-electron chi connectivity index (χ2n) is 6.67. The molecule has 6 heteroatoms. The molecule has 1 aromatic carbocycles. The summed E-state index contributed by atoms with van der Waals surface area (Å²) in [6, 6.07) is 8.45. The minimum Gasteiger partial charge on any atom is -0.508 e.